The van der Waals surface area contributed by atoms with Gasteiger partial charge in [0.1, 0.15) is 12.4 Å². The average Bonchev–Trinajstić information content (AvgIpc) is 2.77. The van der Waals surface area contributed by atoms with Gasteiger partial charge in [0.15, 0.2) is 4.88 Å². The average molecular weight is 300 g/mol. The van der Waals surface area contributed by atoms with Crippen molar-refractivity contribution in [3.05, 3.63) is 15.8 Å². The molecule has 1 rings (SSSR count). The van der Waals surface area contributed by atoms with E-state index in [1.54, 1.807) is 0 Å². The van der Waals surface area contributed by atoms with E-state index in [2.05, 4.69) is 20.8 Å². The zero-order chi connectivity index (χ0) is 15.0. The number of hydrogen-bond acceptors (Lipinski definition) is 4. The highest BCUT2D eigenvalue weighted by Crippen LogP contribution is 2.30. The molecule has 1 aromatic rings. The molecule has 4 nitrogen and oxygen atoms in total. The minimum absolute atomic E-state index is 0.288. The van der Waals surface area contributed by atoms with E-state index in [0.29, 0.717) is 24.9 Å². The zero-order valence-corrected chi connectivity index (χ0v) is 13.3. The summed E-state index contributed by atoms with van der Waals surface area (Å²) < 4.78 is 11.0. The van der Waals surface area contributed by atoms with Crippen LogP contribution < -0.4 is 4.74 Å². The van der Waals surface area contributed by atoms with Crippen LogP contribution in [0.25, 0.3) is 0 Å². The standard InChI is InChI=1S/C15H24O4S/c1-4-5-12-10-13(14(20-12)15(16)17)19-9-8-18-7-6-11(2)3/h10-11H,4-9H2,1-3H3,(H,16,17). The molecule has 1 N–H and O–H groups in total. The molecule has 1 heterocycles. The van der Waals surface area contributed by atoms with Gasteiger partial charge in [-0.3, -0.25) is 0 Å². The fraction of sp³-hybridized carbons (Fsp3) is 0.667. The van der Waals surface area contributed by atoms with Crippen LogP contribution in [-0.2, 0) is 11.2 Å². The summed E-state index contributed by atoms with van der Waals surface area (Å²) in [5.41, 5.74) is 0. The van der Waals surface area contributed by atoms with Crippen LogP contribution in [0.5, 0.6) is 5.75 Å². The molecule has 0 aliphatic carbocycles. The molecule has 0 aliphatic heterocycles. The molecule has 0 atom stereocenters. The highest BCUT2D eigenvalue weighted by molar-refractivity contribution is 7.14. The molecule has 0 radical (unpaired) electrons. The number of aromatic carboxylic acids is 1. The fourth-order valence-electron chi connectivity index (χ4n) is 1.68. The van der Waals surface area contributed by atoms with Crippen molar-refractivity contribution in [1.82, 2.24) is 0 Å². The van der Waals surface area contributed by atoms with E-state index in [4.69, 9.17) is 14.6 Å². The molecule has 0 aromatic carbocycles. The minimum Gasteiger partial charge on any atom is -0.489 e. The number of thiophene rings is 1. The second kappa shape index (κ2) is 8.97. The lowest BCUT2D eigenvalue weighted by atomic mass is 10.1. The lowest BCUT2D eigenvalue weighted by Gasteiger charge is -2.07. The van der Waals surface area contributed by atoms with Gasteiger partial charge in [0, 0.05) is 11.5 Å². The molecule has 114 valence electrons. The van der Waals surface area contributed by atoms with E-state index in [1.807, 2.05) is 6.07 Å². The number of carboxylic acids is 1. The third-order valence-corrected chi connectivity index (χ3v) is 3.93. The maximum atomic E-state index is 11.1. The lowest BCUT2D eigenvalue weighted by Crippen LogP contribution is -2.09. The Kier molecular flexibility index (Phi) is 7.62. The first kappa shape index (κ1) is 17.0. The predicted molar refractivity (Wildman–Crippen MR) is 81.0 cm³/mol. The third-order valence-electron chi connectivity index (χ3n) is 2.76. The molecular weight excluding hydrogens is 276 g/mol. The van der Waals surface area contributed by atoms with Gasteiger partial charge in [0.05, 0.1) is 6.61 Å². The SMILES string of the molecule is CCCc1cc(OCCOCCC(C)C)c(C(=O)O)s1. The van der Waals surface area contributed by atoms with Crippen molar-refractivity contribution in [1.29, 1.82) is 0 Å². The summed E-state index contributed by atoms with van der Waals surface area (Å²) in [6.07, 6.45) is 2.91. The summed E-state index contributed by atoms with van der Waals surface area (Å²) in [7, 11) is 0. The predicted octanol–water partition coefficient (Wildman–Crippen LogP) is 3.84. The van der Waals surface area contributed by atoms with Gasteiger partial charge in [-0.15, -0.1) is 11.3 Å². The van der Waals surface area contributed by atoms with Crippen LogP contribution in [0.15, 0.2) is 6.07 Å². The molecule has 0 spiro atoms. The summed E-state index contributed by atoms with van der Waals surface area (Å²) in [6.45, 7) is 7.98. The lowest BCUT2D eigenvalue weighted by molar-refractivity contribution is 0.0689. The van der Waals surface area contributed by atoms with Gasteiger partial charge in [-0.1, -0.05) is 27.2 Å². The maximum Gasteiger partial charge on any atom is 0.349 e. The van der Waals surface area contributed by atoms with Crippen LogP contribution in [0.3, 0.4) is 0 Å². The van der Waals surface area contributed by atoms with E-state index < -0.39 is 5.97 Å². The Bertz CT molecular complexity index is 412. The van der Waals surface area contributed by atoms with Gasteiger partial charge < -0.3 is 14.6 Å². The Morgan fingerprint density at radius 3 is 2.70 bits per heavy atom. The van der Waals surface area contributed by atoms with Crippen LogP contribution in [0.2, 0.25) is 0 Å². The zero-order valence-electron chi connectivity index (χ0n) is 12.5. The van der Waals surface area contributed by atoms with Crippen LogP contribution in [0, 0.1) is 5.92 Å². The molecular formula is C15H24O4S. The van der Waals surface area contributed by atoms with Crippen molar-refractivity contribution in [2.75, 3.05) is 19.8 Å². The van der Waals surface area contributed by atoms with Gasteiger partial charge in [-0.2, -0.15) is 0 Å². The summed E-state index contributed by atoms with van der Waals surface area (Å²) in [5.74, 6) is 0.175. The Morgan fingerprint density at radius 2 is 2.10 bits per heavy atom. The Morgan fingerprint density at radius 1 is 1.35 bits per heavy atom. The largest absolute Gasteiger partial charge is 0.489 e. The molecule has 0 amide bonds. The number of aryl methyl sites for hydroxylation is 1. The van der Waals surface area contributed by atoms with Gasteiger partial charge in [0.2, 0.25) is 0 Å². The molecule has 0 aliphatic rings. The molecule has 5 heteroatoms. The highest BCUT2D eigenvalue weighted by Gasteiger charge is 2.16. The van der Waals surface area contributed by atoms with E-state index in [9.17, 15) is 4.79 Å². The molecule has 0 saturated carbocycles. The number of carbonyl (C=O) groups is 1. The second-order valence-corrected chi connectivity index (χ2v) is 6.24. The Hall–Kier alpha value is -1.07. The van der Waals surface area contributed by atoms with Crippen molar-refractivity contribution in [2.45, 2.75) is 40.0 Å². The van der Waals surface area contributed by atoms with Crippen LogP contribution in [0.1, 0.15) is 48.2 Å². The number of carboxylic acid groups (broad SMARTS) is 1. The molecule has 1 aromatic heterocycles. The van der Waals surface area contributed by atoms with Crippen molar-refractivity contribution in [3.63, 3.8) is 0 Å². The molecule has 0 bridgehead atoms. The van der Waals surface area contributed by atoms with E-state index in [-0.39, 0.29) is 4.88 Å². The monoisotopic (exact) mass is 300 g/mol. The van der Waals surface area contributed by atoms with Crippen molar-refractivity contribution in [2.24, 2.45) is 5.92 Å². The summed E-state index contributed by atoms with van der Waals surface area (Å²) in [6, 6.07) is 1.84. The topological polar surface area (TPSA) is 55.8 Å². The first-order valence-corrected chi connectivity index (χ1v) is 7.92. The quantitative estimate of drug-likeness (QED) is 0.667. The number of rotatable bonds is 10. The smallest absolute Gasteiger partial charge is 0.349 e. The Balaban J connectivity index is 2.40. The minimum atomic E-state index is -0.923. The van der Waals surface area contributed by atoms with Crippen molar-refractivity contribution in [3.8, 4) is 5.75 Å². The van der Waals surface area contributed by atoms with Crippen LogP contribution in [0.4, 0.5) is 0 Å². The van der Waals surface area contributed by atoms with Crippen molar-refractivity contribution >= 4 is 17.3 Å². The summed E-state index contributed by atoms with van der Waals surface area (Å²) in [5, 5.41) is 9.15. The van der Waals surface area contributed by atoms with Gasteiger partial charge in [-0.05, 0) is 24.8 Å². The van der Waals surface area contributed by atoms with Crippen LogP contribution >= 0.6 is 11.3 Å². The van der Waals surface area contributed by atoms with Crippen LogP contribution in [-0.4, -0.2) is 30.9 Å². The van der Waals surface area contributed by atoms with Gasteiger partial charge in [-0.25, -0.2) is 4.79 Å². The fourth-order valence-corrected chi connectivity index (χ4v) is 2.72. The highest BCUT2D eigenvalue weighted by atomic mass is 32.1. The molecule has 0 fully saturated rings. The normalized spacial score (nSPS) is 11.0. The first-order chi connectivity index (χ1) is 9.54. The van der Waals surface area contributed by atoms with Gasteiger partial charge in [0.25, 0.3) is 0 Å². The number of ether oxygens (including phenoxy) is 2. The maximum absolute atomic E-state index is 11.1. The van der Waals surface area contributed by atoms with E-state index >= 15 is 0 Å². The van der Waals surface area contributed by atoms with Gasteiger partial charge >= 0.3 is 5.97 Å². The summed E-state index contributed by atoms with van der Waals surface area (Å²) in [4.78, 5) is 12.5. The molecule has 20 heavy (non-hydrogen) atoms. The van der Waals surface area contributed by atoms with E-state index in [0.717, 1.165) is 30.7 Å². The first-order valence-electron chi connectivity index (χ1n) is 7.11. The molecule has 0 unspecified atom stereocenters. The Labute approximate surface area is 124 Å². The van der Waals surface area contributed by atoms with E-state index in [1.165, 1.54) is 11.3 Å². The third kappa shape index (κ3) is 5.92. The second-order valence-electron chi connectivity index (χ2n) is 5.10. The molecule has 0 saturated heterocycles. The van der Waals surface area contributed by atoms with Crippen molar-refractivity contribution < 1.29 is 19.4 Å². The summed E-state index contributed by atoms with van der Waals surface area (Å²) >= 11 is 1.30. The number of hydrogen-bond donors (Lipinski definition) is 1.